The fraction of sp³-hybridized carbons (Fsp3) is 1.00. The number of aliphatic hydroxyl groups is 1. The summed E-state index contributed by atoms with van der Waals surface area (Å²) in [7, 11) is 2.10. The van der Waals surface area contributed by atoms with Crippen LogP contribution in [0.3, 0.4) is 0 Å². The second-order valence-electron chi connectivity index (χ2n) is 4.39. The number of aliphatic hydroxyl groups excluding tert-OH is 1. The third-order valence-corrected chi connectivity index (χ3v) is 2.72. The molecular formula is C11H23NO2. The maximum Gasteiger partial charge on any atom is 0.0701 e. The van der Waals surface area contributed by atoms with Gasteiger partial charge in [-0.05, 0) is 39.7 Å². The lowest BCUT2D eigenvalue weighted by Crippen LogP contribution is -2.34. The Balaban J connectivity index is 2.09. The highest BCUT2D eigenvalue weighted by Crippen LogP contribution is 2.13. The second kappa shape index (κ2) is 6.38. The molecule has 0 aromatic heterocycles. The molecule has 0 radical (unpaired) electrons. The minimum atomic E-state index is -0.190. The molecule has 0 aromatic rings. The molecule has 2 atom stereocenters. The maximum absolute atomic E-state index is 9.15. The van der Waals surface area contributed by atoms with E-state index in [0.717, 1.165) is 26.1 Å². The molecule has 1 rings (SSSR count). The SMILES string of the molecule is CC(O)CCN(C)CC1CCCCO1. The molecule has 1 fully saturated rings. The van der Waals surface area contributed by atoms with Crippen LogP contribution >= 0.6 is 0 Å². The summed E-state index contributed by atoms with van der Waals surface area (Å²) in [5, 5.41) is 9.15. The Morgan fingerprint density at radius 3 is 2.86 bits per heavy atom. The molecule has 3 heteroatoms. The van der Waals surface area contributed by atoms with Gasteiger partial charge >= 0.3 is 0 Å². The van der Waals surface area contributed by atoms with Gasteiger partial charge in [-0.25, -0.2) is 0 Å². The Hall–Kier alpha value is -0.120. The van der Waals surface area contributed by atoms with E-state index < -0.39 is 0 Å². The smallest absolute Gasteiger partial charge is 0.0701 e. The predicted octanol–water partition coefficient (Wildman–Crippen LogP) is 1.26. The van der Waals surface area contributed by atoms with Crippen LogP contribution in [-0.4, -0.2) is 49.0 Å². The van der Waals surface area contributed by atoms with Crippen LogP contribution in [-0.2, 0) is 4.74 Å². The first kappa shape index (κ1) is 12.0. The van der Waals surface area contributed by atoms with E-state index in [-0.39, 0.29) is 6.10 Å². The van der Waals surface area contributed by atoms with E-state index in [2.05, 4.69) is 11.9 Å². The van der Waals surface area contributed by atoms with Gasteiger partial charge in [-0.2, -0.15) is 0 Å². The fourth-order valence-electron chi connectivity index (χ4n) is 1.80. The Morgan fingerprint density at radius 2 is 2.29 bits per heavy atom. The minimum absolute atomic E-state index is 0.190. The predicted molar refractivity (Wildman–Crippen MR) is 57.4 cm³/mol. The molecule has 0 bridgehead atoms. The lowest BCUT2D eigenvalue weighted by Gasteiger charge is -2.27. The molecule has 3 nitrogen and oxygen atoms in total. The first-order valence-electron chi connectivity index (χ1n) is 5.66. The maximum atomic E-state index is 9.15. The van der Waals surface area contributed by atoms with Crippen molar-refractivity contribution in [2.75, 3.05) is 26.7 Å². The van der Waals surface area contributed by atoms with E-state index in [4.69, 9.17) is 9.84 Å². The average Bonchev–Trinajstić information content (AvgIpc) is 2.16. The van der Waals surface area contributed by atoms with Gasteiger partial charge in [0, 0.05) is 19.7 Å². The normalized spacial score (nSPS) is 25.3. The lowest BCUT2D eigenvalue weighted by atomic mass is 10.1. The van der Waals surface area contributed by atoms with Crippen LogP contribution in [0.15, 0.2) is 0 Å². The molecule has 84 valence electrons. The summed E-state index contributed by atoms with van der Waals surface area (Å²) in [6.45, 7) is 4.73. The highest BCUT2D eigenvalue weighted by molar-refractivity contribution is 4.67. The summed E-state index contributed by atoms with van der Waals surface area (Å²) in [4.78, 5) is 2.25. The van der Waals surface area contributed by atoms with Gasteiger partial charge in [0.05, 0.1) is 12.2 Å². The Labute approximate surface area is 87.1 Å². The van der Waals surface area contributed by atoms with Crippen molar-refractivity contribution in [3.05, 3.63) is 0 Å². The molecule has 14 heavy (non-hydrogen) atoms. The van der Waals surface area contributed by atoms with Crippen LogP contribution in [0.2, 0.25) is 0 Å². The second-order valence-corrected chi connectivity index (χ2v) is 4.39. The molecule has 0 saturated carbocycles. The van der Waals surface area contributed by atoms with E-state index in [9.17, 15) is 0 Å². The standard InChI is InChI=1S/C11H23NO2/c1-10(13)6-7-12(2)9-11-5-3-4-8-14-11/h10-11,13H,3-9H2,1-2H3. The molecule has 2 unspecified atom stereocenters. The van der Waals surface area contributed by atoms with Gasteiger partial charge < -0.3 is 14.7 Å². The summed E-state index contributed by atoms with van der Waals surface area (Å²) in [6, 6.07) is 0. The Bertz CT molecular complexity index is 144. The number of rotatable bonds is 5. The first-order chi connectivity index (χ1) is 6.68. The van der Waals surface area contributed by atoms with Crippen LogP contribution in [0.5, 0.6) is 0 Å². The van der Waals surface area contributed by atoms with Gasteiger partial charge in [-0.3, -0.25) is 0 Å². The minimum Gasteiger partial charge on any atom is -0.393 e. The van der Waals surface area contributed by atoms with Crippen molar-refractivity contribution in [3.63, 3.8) is 0 Å². The van der Waals surface area contributed by atoms with Crippen LogP contribution in [0, 0.1) is 0 Å². The summed E-state index contributed by atoms with van der Waals surface area (Å²) in [5.74, 6) is 0. The largest absolute Gasteiger partial charge is 0.393 e. The molecule has 1 N–H and O–H groups in total. The number of ether oxygens (including phenoxy) is 1. The van der Waals surface area contributed by atoms with E-state index in [1.165, 1.54) is 19.3 Å². The van der Waals surface area contributed by atoms with Crippen molar-refractivity contribution in [2.24, 2.45) is 0 Å². The van der Waals surface area contributed by atoms with Gasteiger partial charge in [0.1, 0.15) is 0 Å². The highest BCUT2D eigenvalue weighted by atomic mass is 16.5. The molecule has 0 amide bonds. The third-order valence-electron chi connectivity index (χ3n) is 2.72. The molecule has 0 aliphatic carbocycles. The van der Waals surface area contributed by atoms with Crippen molar-refractivity contribution in [1.82, 2.24) is 4.90 Å². The summed E-state index contributed by atoms with van der Waals surface area (Å²) < 4.78 is 5.65. The van der Waals surface area contributed by atoms with E-state index in [1.807, 2.05) is 6.92 Å². The molecule has 1 heterocycles. The van der Waals surface area contributed by atoms with Crippen molar-refractivity contribution in [3.8, 4) is 0 Å². The zero-order valence-electron chi connectivity index (χ0n) is 9.41. The van der Waals surface area contributed by atoms with Crippen molar-refractivity contribution in [1.29, 1.82) is 0 Å². The Morgan fingerprint density at radius 1 is 1.50 bits per heavy atom. The van der Waals surface area contributed by atoms with Crippen LogP contribution < -0.4 is 0 Å². The average molecular weight is 201 g/mol. The van der Waals surface area contributed by atoms with Gasteiger partial charge in [-0.15, -0.1) is 0 Å². The number of hydrogen-bond donors (Lipinski definition) is 1. The zero-order valence-corrected chi connectivity index (χ0v) is 9.41. The molecule has 1 saturated heterocycles. The third kappa shape index (κ3) is 4.94. The summed E-state index contributed by atoms with van der Waals surface area (Å²) in [6.07, 6.45) is 4.79. The van der Waals surface area contributed by atoms with Crippen molar-refractivity contribution >= 4 is 0 Å². The molecule has 0 spiro atoms. The van der Waals surface area contributed by atoms with E-state index >= 15 is 0 Å². The van der Waals surface area contributed by atoms with E-state index in [1.54, 1.807) is 0 Å². The quantitative estimate of drug-likeness (QED) is 0.727. The number of hydrogen-bond acceptors (Lipinski definition) is 3. The van der Waals surface area contributed by atoms with Crippen LogP contribution in [0.1, 0.15) is 32.6 Å². The summed E-state index contributed by atoms with van der Waals surface area (Å²) in [5.41, 5.74) is 0. The molecule has 1 aliphatic rings. The van der Waals surface area contributed by atoms with Crippen LogP contribution in [0.25, 0.3) is 0 Å². The van der Waals surface area contributed by atoms with Gasteiger partial charge in [-0.1, -0.05) is 0 Å². The van der Waals surface area contributed by atoms with Gasteiger partial charge in [0.2, 0.25) is 0 Å². The monoisotopic (exact) mass is 201 g/mol. The molecular weight excluding hydrogens is 178 g/mol. The zero-order chi connectivity index (χ0) is 10.4. The van der Waals surface area contributed by atoms with Crippen molar-refractivity contribution < 1.29 is 9.84 Å². The molecule has 0 aromatic carbocycles. The summed E-state index contributed by atoms with van der Waals surface area (Å²) >= 11 is 0. The fourth-order valence-corrected chi connectivity index (χ4v) is 1.80. The van der Waals surface area contributed by atoms with Crippen LogP contribution in [0.4, 0.5) is 0 Å². The van der Waals surface area contributed by atoms with Gasteiger partial charge in [0.25, 0.3) is 0 Å². The number of nitrogens with zero attached hydrogens (tertiary/aromatic N) is 1. The van der Waals surface area contributed by atoms with E-state index in [0.29, 0.717) is 6.10 Å². The highest BCUT2D eigenvalue weighted by Gasteiger charge is 2.15. The lowest BCUT2D eigenvalue weighted by molar-refractivity contribution is -0.00297. The van der Waals surface area contributed by atoms with Gasteiger partial charge in [0.15, 0.2) is 0 Å². The Kier molecular flexibility index (Phi) is 5.45. The number of likely N-dealkylation sites (N-methyl/N-ethyl adjacent to an activating group) is 1. The first-order valence-corrected chi connectivity index (χ1v) is 5.66. The topological polar surface area (TPSA) is 32.7 Å². The molecule has 1 aliphatic heterocycles. The van der Waals surface area contributed by atoms with Crippen molar-refractivity contribution in [2.45, 2.75) is 44.8 Å².